The van der Waals surface area contributed by atoms with Crippen LogP contribution in [0.2, 0.25) is 5.02 Å². The van der Waals surface area contributed by atoms with Gasteiger partial charge in [0, 0.05) is 46.1 Å². The second-order valence-electron chi connectivity index (χ2n) is 6.67. The van der Waals surface area contributed by atoms with Gasteiger partial charge in [-0.2, -0.15) is 0 Å². The number of likely N-dealkylation sites (N-methyl/N-ethyl adjacent to an activating group) is 1. The molecular formula is C17H29ClIN5O. The van der Waals surface area contributed by atoms with Crippen LogP contribution in [0.5, 0.6) is 0 Å². The highest BCUT2D eigenvalue weighted by atomic mass is 127. The maximum atomic E-state index is 11.9. The Kier molecular flexibility index (Phi) is 9.06. The molecule has 1 aliphatic rings. The second-order valence-corrected chi connectivity index (χ2v) is 7.11. The van der Waals surface area contributed by atoms with Crippen LogP contribution in [-0.2, 0) is 18.4 Å². The van der Waals surface area contributed by atoms with Crippen LogP contribution in [0.25, 0.3) is 0 Å². The Morgan fingerprint density at radius 2 is 2.00 bits per heavy atom. The van der Waals surface area contributed by atoms with Crippen molar-refractivity contribution in [2.45, 2.75) is 38.3 Å². The molecule has 8 heteroatoms. The number of carbonyl (C=O) groups is 1. The molecule has 1 heterocycles. The van der Waals surface area contributed by atoms with E-state index in [9.17, 15) is 4.79 Å². The van der Waals surface area contributed by atoms with E-state index in [1.54, 1.807) is 19.0 Å². The van der Waals surface area contributed by atoms with Crippen molar-refractivity contribution in [1.29, 1.82) is 0 Å². The summed E-state index contributed by atoms with van der Waals surface area (Å²) in [5.41, 5.74) is 1.10. The molecule has 142 valence electrons. The van der Waals surface area contributed by atoms with E-state index >= 15 is 0 Å². The maximum absolute atomic E-state index is 11.9. The van der Waals surface area contributed by atoms with Gasteiger partial charge >= 0.3 is 0 Å². The number of aromatic nitrogens is 1. The zero-order valence-corrected chi connectivity index (χ0v) is 18.5. The standard InChI is InChI=1S/C17H28ClN5O.HI/c1-21(2)16(24)10-19-17(20-14-7-5-6-8-14)23(4)12-15-9-13(18)11-22(15)3;/h9,11,14H,5-8,10,12H2,1-4H3,(H,19,20);1H. The van der Waals surface area contributed by atoms with E-state index in [2.05, 4.69) is 10.3 Å². The van der Waals surface area contributed by atoms with Gasteiger partial charge in [0.25, 0.3) is 0 Å². The van der Waals surface area contributed by atoms with Gasteiger partial charge in [-0.15, -0.1) is 24.0 Å². The van der Waals surface area contributed by atoms with E-state index in [-0.39, 0.29) is 36.4 Å². The van der Waals surface area contributed by atoms with Crippen molar-refractivity contribution < 1.29 is 4.79 Å². The minimum atomic E-state index is -0.00367. The summed E-state index contributed by atoms with van der Waals surface area (Å²) in [5, 5.41) is 4.25. The Bertz CT molecular complexity index is 596. The summed E-state index contributed by atoms with van der Waals surface area (Å²) >= 11 is 6.07. The molecule has 2 rings (SSSR count). The third kappa shape index (κ3) is 6.69. The molecule has 1 saturated carbocycles. The van der Waals surface area contributed by atoms with Crippen LogP contribution in [0.1, 0.15) is 31.4 Å². The van der Waals surface area contributed by atoms with Crippen molar-refractivity contribution in [3.05, 3.63) is 23.0 Å². The number of nitrogens with one attached hydrogen (secondary N) is 1. The lowest BCUT2D eigenvalue weighted by Crippen LogP contribution is -2.44. The molecule has 1 fully saturated rings. The summed E-state index contributed by atoms with van der Waals surface area (Å²) in [6.07, 6.45) is 6.70. The van der Waals surface area contributed by atoms with Gasteiger partial charge in [-0.3, -0.25) is 4.79 Å². The van der Waals surface area contributed by atoms with Crippen LogP contribution < -0.4 is 5.32 Å². The molecule has 1 aromatic rings. The summed E-state index contributed by atoms with van der Waals surface area (Å²) in [7, 11) is 7.46. The fourth-order valence-corrected chi connectivity index (χ4v) is 3.13. The van der Waals surface area contributed by atoms with Crippen LogP contribution in [0.4, 0.5) is 0 Å². The molecule has 0 unspecified atom stereocenters. The van der Waals surface area contributed by atoms with E-state index in [4.69, 9.17) is 11.6 Å². The number of aryl methyl sites for hydroxylation is 1. The van der Waals surface area contributed by atoms with E-state index in [0.29, 0.717) is 12.6 Å². The van der Waals surface area contributed by atoms with Crippen LogP contribution in [0, 0.1) is 0 Å². The lowest BCUT2D eigenvalue weighted by atomic mass is 10.2. The van der Waals surface area contributed by atoms with Crippen LogP contribution in [0.3, 0.4) is 0 Å². The lowest BCUT2D eigenvalue weighted by Gasteiger charge is -2.25. The summed E-state index contributed by atoms with van der Waals surface area (Å²) in [6, 6.07) is 2.40. The number of hydrogen-bond acceptors (Lipinski definition) is 2. The summed E-state index contributed by atoms with van der Waals surface area (Å²) in [5.74, 6) is 0.769. The fraction of sp³-hybridized carbons (Fsp3) is 0.647. The van der Waals surface area contributed by atoms with Crippen LogP contribution in [0.15, 0.2) is 17.3 Å². The number of halogens is 2. The molecule has 0 spiro atoms. The summed E-state index contributed by atoms with van der Waals surface area (Å²) in [6.45, 7) is 0.832. The van der Waals surface area contributed by atoms with Gasteiger partial charge in [0.15, 0.2) is 5.96 Å². The van der Waals surface area contributed by atoms with Gasteiger partial charge in [0.2, 0.25) is 5.91 Å². The zero-order chi connectivity index (χ0) is 17.7. The summed E-state index contributed by atoms with van der Waals surface area (Å²) in [4.78, 5) is 20.0. The first-order chi connectivity index (χ1) is 11.4. The highest BCUT2D eigenvalue weighted by Crippen LogP contribution is 2.18. The van der Waals surface area contributed by atoms with Crippen molar-refractivity contribution >= 4 is 47.4 Å². The van der Waals surface area contributed by atoms with Gasteiger partial charge in [0.1, 0.15) is 6.54 Å². The largest absolute Gasteiger partial charge is 0.353 e. The first kappa shape index (κ1) is 22.1. The number of nitrogens with zero attached hydrogens (tertiary/aromatic N) is 4. The SMILES string of the molecule is CN(C)C(=O)CN=C(NC1CCCC1)N(C)Cc1cc(Cl)cn1C.I. The van der Waals surface area contributed by atoms with E-state index in [0.717, 1.165) is 29.5 Å². The Balaban J connectivity index is 0.00000312. The first-order valence-electron chi connectivity index (χ1n) is 8.40. The average molecular weight is 482 g/mol. The van der Waals surface area contributed by atoms with Crippen molar-refractivity contribution in [2.75, 3.05) is 27.7 Å². The minimum Gasteiger partial charge on any atom is -0.353 e. The monoisotopic (exact) mass is 481 g/mol. The third-order valence-corrected chi connectivity index (χ3v) is 4.59. The molecule has 1 N–H and O–H groups in total. The van der Waals surface area contributed by atoms with Gasteiger partial charge in [-0.05, 0) is 18.9 Å². The smallest absolute Gasteiger partial charge is 0.243 e. The fourth-order valence-electron chi connectivity index (χ4n) is 2.85. The number of amides is 1. The molecule has 0 radical (unpaired) electrons. The molecule has 0 saturated heterocycles. The molecule has 0 bridgehead atoms. The number of rotatable bonds is 5. The lowest BCUT2D eigenvalue weighted by molar-refractivity contribution is -0.127. The highest BCUT2D eigenvalue weighted by Gasteiger charge is 2.19. The molecule has 1 aliphatic carbocycles. The van der Waals surface area contributed by atoms with Crippen LogP contribution in [-0.4, -0.2) is 60.0 Å². The molecule has 1 aromatic heterocycles. The second kappa shape index (κ2) is 10.3. The Morgan fingerprint density at radius 3 is 2.52 bits per heavy atom. The van der Waals surface area contributed by atoms with E-state index < -0.39 is 0 Å². The molecule has 0 aromatic carbocycles. The van der Waals surface area contributed by atoms with Crippen molar-refractivity contribution in [3.63, 3.8) is 0 Å². The Labute approximate surface area is 172 Å². The summed E-state index contributed by atoms with van der Waals surface area (Å²) < 4.78 is 2.01. The quantitative estimate of drug-likeness (QED) is 0.400. The predicted molar refractivity (Wildman–Crippen MR) is 114 cm³/mol. The van der Waals surface area contributed by atoms with Gasteiger partial charge in [0.05, 0.1) is 11.6 Å². The molecule has 0 aliphatic heterocycles. The maximum Gasteiger partial charge on any atom is 0.243 e. The molecular weight excluding hydrogens is 453 g/mol. The number of hydrogen-bond donors (Lipinski definition) is 1. The predicted octanol–water partition coefficient (Wildman–Crippen LogP) is 2.70. The van der Waals surface area contributed by atoms with E-state index in [1.807, 2.05) is 35.8 Å². The van der Waals surface area contributed by atoms with Crippen molar-refractivity contribution in [2.24, 2.45) is 12.0 Å². The highest BCUT2D eigenvalue weighted by molar-refractivity contribution is 14.0. The molecule has 0 atom stereocenters. The minimum absolute atomic E-state index is 0. The van der Waals surface area contributed by atoms with Gasteiger partial charge < -0.3 is 19.7 Å². The number of guanidine groups is 1. The van der Waals surface area contributed by atoms with Gasteiger partial charge in [-0.1, -0.05) is 24.4 Å². The van der Waals surface area contributed by atoms with E-state index in [1.165, 1.54) is 12.8 Å². The number of carbonyl (C=O) groups excluding carboxylic acids is 1. The van der Waals surface area contributed by atoms with Crippen molar-refractivity contribution in [3.8, 4) is 0 Å². The average Bonchev–Trinajstić information content (AvgIpc) is 3.12. The normalized spacial score (nSPS) is 15.0. The Hall–Kier alpha value is -0.960. The van der Waals surface area contributed by atoms with Crippen LogP contribution >= 0.6 is 35.6 Å². The zero-order valence-electron chi connectivity index (χ0n) is 15.5. The Morgan fingerprint density at radius 1 is 1.36 bits per heavy atom. The first-order valence-corrected chi connectivity index (χ1v) is 8.77. The van der Waals surface area contributed by atoms with Crippen molar-refractivity contribution in [1.82, 2.24) is 19.7 Å². The topological polar surface area (TPSA) is 52.9 Å². The molecule has 6 nitrogen and oxygen atoms in total. The van der Waals surface area contributed by atoms with Gasteiger partial charge in [-0.25, -0.2) is 4.99 Å². The third-order valence-electron chi connectivity index (χ3n) is 4.39. The molecule has 25 heavy (non-hydrogen) atoms. The number of aliphatic imine (C=N–C) groups is 1. The molecule has 1 amide bonds.